The van der Waals surface area contributed by atoms with Crippen molar-refractivity contribution in [2.75, 3.05) is 0 Å². The molecule has 1 rings (SSSR count). The van der Waals surface area contributed by atoms with Crippen molar-refractivity contribution in [2.24, 2.45) is 5.73 Å². The zero-order valence-electron chi connectivity index (χ0n) is 6.18. The number of halogens is 3. The Kier molecular flexibility index (Phi) is 1.83. The molecule has 0 aromatic carbocycles. The van der Waals surface area contributed by atoms with Crippen molar-refractivity contribution < 1.29 is 13.2 Å². The zero-order chi connectivity index (χ0) is 9.41. The minimum atomic E-state index is -4.54. The van der Waals surface area contributed by atoms with Crippen molar-refractivity contribution in [3.8, 4) is 0 Å². The quantitative estimate of drug-likeness (QED) is 0.662. The van der Waals surface area contributed by atoms with Gasteiger partial charge in [-0.05, 0) is 6.92 Å². The molecule has 1 atom stereocenters. The molecular formula is C5H7F3N4. The normalized spacial score (nSPS) is 17.4. The zero-order valence-corrected chi connectivity index (χ0v) is 6.18. The maximum Gasteiger partial charge on any atom is 0.413 e. The number of nitrogens with zero attached hydrogens (tertiary/aromatic N) is 2. The molecule has 0 saturated carbocycles. The Morgan fingerprint density at radius 3 is 2.42 bits per heavy atom. The second-order valence-electron chi connectivity index (χ2n) is 2.53. The lowest BCUT2D eigenvalue weighted by molar-refractivity contribution is -0.186. The Labute approximate surface area is 66.0 Å². The number of aromatic nitrogens is 3. The second-order valence-corrected chi connectivity index (χ2v) is 2.53. The first-order valence-electron chi connectivity index (χ1n) is 3.07. The van der Waals surface area contributed by atoms with Crippen molar-refractivity contribution in [3.05, 3.63) is 12.2 Å². The van der Waals surface area contributed by atoms with Gasteiger partial charge in [-0.15, -0.1) is 0 Å². The second kappa shape index (κ2) is 2.44. The van der Waals surface area contributed by atoms with Gasteiger partial charge in [0.15, 0.2) is 11.4 Å². The maximum atomic E-state index is 12.2. The molecule has 0 aliphatic rings. The lowest BCUT2D eigenvalue weighted by atomic mass is 10.0. The Hall–Kier alpha value is -1.11. The lowest BCUT2D eigenvalue weighted by Crippen LogP contribution is -2.48. The summed E-state index contributed by atoms with van der Waals surface area (Å²) in [6, 6.07) is 0. The Morgan fingerprint density at radius 2 is 2.08 bits per heavy atom. The van der Waals surface area contributed by atoms with E-state index in [1.54, 1.807) is 0 Å². The molecule has 3 N–H and O–H groups in total. The monoisotopic (exact) mass is 180 g/mol. The van der Waals surface area contributed by atoms with Crippen molar-refractivity contribution in [2.45, 2.75) is 18.6 Å². The molecular weight excluding hydrogens is 173 g/mol. The molecule has 1 aromatic rings. The maximum absolute atomic E-state index is 12.2. The van der Waals surface area contributed by atoms with Crippen LogP contribution in [-0.4, -0.2) is 21.4 Å². The van der Waals surface area contributed by atoms with Gasteiger partial charge in [-0.1, -0.05) is 0 Å². The highest BCUT2D eigenvalue weighted by Crippen LogP contribution is 2.33. The first-order valence-corrected chi connectivity index (χ1v) is 3.07. The Morgan fingerprint density at radius 1 is 1.50 bits per heavy atom. The smallest absolute Gasteiger partial charge is 0.311 e. The molecule has 7 heteroatoms. The SMILES string of the molecule is CC(N)(c1ncn[nH]1)C(F)(F)F. The summed E-state index contributed by atoms with van der Waals surface area (Å²) in [6.07, 6.45) is -3.56. The summed E-state index contributed by atoms with van der Waals surface area (Å²) in [6.45, 7) is 0.827. The molecule has 0 fully saturated rings. The number of alkyl halides is 3. The Balaban J connectivity index is 3.02. The van der Waals surface area contributed by atoms with Gasteiger partial charge < -0.3 is 5.73 Å². The van der Waals surface area contributed by atoms with Crippen LogP contribution in [0.15, 0.2) is 6.33 Å². The number of rotatable bonds is 1. The van der Waals surface area contributed by atoms with E-state index in [2.05, 4.69) is 15.2 Å². The average Bonchev–Trinajstić information content (AvgIpc) is 2.34. The fraction of sp³-hybridized carbons (Fsp3) is 0.600. The van der Waals surface area contributed by atoms with Crippen LogP contribution in [0.2, 0.25) is 0 Å². The van der Waals surface area contributed by atoms with Crippen molar-refractivity contribution in [1.29, 1.82) is 0 Å². The molecule has 1 unspecified atom stereocenters. The van der Waals surface area contributed by atoms with Gasteiger partial charge in [0, 0.05) is 0 Å². The first-order chi connectivity index (χ1) is 5.36. The summed E-state index contributed by atoms with van der Waals surface area (Å²) >= 11 is 0. The molecule has 1 heterocycles. The molecule has 4 nitrogen and oxygen atoms in total. The van der Waals surface area contributed by atoms with Crippen LogP contribution in [0.25, 0.3) is 0 Å². The van der Waals surface area contributed by atoms with E-state index >= 15 is 0 Å². The van der Waals surface area contributed by atoms with Crippen molar-refractivity contribution >= 4 is 0 Å². The highest BCUT2D eigenvalue weighted by atomic mass is 19.4. The number of hydrogen-bond donors (Lipinski definition) is 2. The standard InChI is InChI=1S/C5H7F3N4/c1-4(9,5(6,7)8)3-10-2-11-12-3/h2H,9H2,1H3,(H,10,11,12). The predicted molar refractivity (Wildman–Crippen MR) is 34.0 cm³/mol. The van der Waals surface area contributed by atoms with E-state index in [0.717, 1.165) is 13.3 Å². The van der Waals surface area contributed by atoms with E-state index in [-0.39, 0.29) is 0 Å². The molecule has 0 spiro atoms. The van der Waals surface area contributed by atoms with Crippen LogP contribution in [0, 0.1) is 0 Å². The molecule has 0 aliphatic carbocycles. The third-order valence-corrected chi connectivity index (χ3v) is 1.50. The van der Waals surface area contributed by atoms with Crippen LogP contribution >= 0.6 is 0 Å². The third kappa shape index (κ3) is 1.27. The number of aromatic amines is 1. The van der Waals surface area contributed by atoms with E-state index in [1.165, 1.54) is 0 Å². The summed E-state index contributed by atoms with van der Waals surface area (Å²) in [5.41, 5.74) is 2.53. The topological polar surface area (TPSA) is 67.6 Å². The summed E-state index contributed by atoms with van der Waals surface area (Å²) in [4.78, 5) is 3.34. The number of H-pyrrole nitrogens is 1. The summed E-state index contributed by atoms with van der Waals surface area (Å²) in [5, 5.41) is 5.36. The van der Waals surface area contributed by atoms with Gasteiger partial charge in [0.1, 0.15) is 6.33 Å². The van der Waals surface area contributed by atoms with E-state index in [9.17, 15) is 13.2 Å². The molecule has 0 radical (unpaired) electrons. The van der Waals surface area contributed by atoms with Gasteiger partial charge in [-0.2, -0.15) is 18.3 Å². The third-order valence-electron chi connectivity index (χ3n) is 1.50. The minimum Gasteiger partial charge on any atom is -0.311 e. The van der Waals surface area contributed by atoms with Crippen LogP contribution in [0.4, 0.5) is 13.2 Å². The highest BCUT2D eigenvalue weighted by Gasteiger charge is 2.51. The fourth-order valence-corrected chi connectivity index (χ4v) is 0.590. The fourth-order valence-electron chi connectivity index (χ4n) is 0.590. The molecule has 0 bridgehead atoms. The first kappa shape index (κ1) is 8.98. The van der Waals surface area contributed by atoms with Crippen LogP contribution in [0.1, 0.15) is 12.7 Å². The summed E-state index contributed by atoms with van der Waals surface area (Å²) < 4.78 is 36.6. The highest BCUT2D eigenvalue weighted by molar-refractivity contribution is 5.04. The van der Waals surface area contributed by atoms with Crippen LogP contribution in [-0.2, 0) is 5.54 Å². The van der Waals surface area contributed by atoms with Crippen LogP contribution < -0.4 is 5.73 Å². The van der Waals surface area contributed by atoms with Gasteiger partial charge in [0.2, 0.25) is 0 Å². The molecule has 0 saturated heterocycles. The van der Waals surface area contributed by atoms with Gasteiger partial charge in [-0.3, -0.25) is 5.10 Å². The lowest BCUT2D eigenvalue weighted by Gasteiger charge is -2.24. The van der Waals surface area contributed by atoms with E-state index in [0.29, 0.717) is 0 Å². The molecule has 0 aliphatic heterocycles. The van der Waals surface area contributed by atoms with Gasteiger partial charge >= 0.3 is 6.18 Å². The molecule has 68 valence electrons. The number of hydrogen-bond acceptors (Lipinski definition) is 3. The van der Waals surface area contributed by atoms with E-state index < -0.39 is 17.5 Å². The van der Waals surface area contributed by atoms with Gasteiger partial charge in [-0.25, -0.2) is 4.98 Å². The average molecular weight is 180 g/mol. The summed E-state index contributed by atoms with van der Waals surface area (Å²) in [5.74, 6) is -0.394. The van der Waals surface area contributed by atoms with Crippen molar-refractivity contribution in [1.82, 2.24) is 15.2 Å². The minimum absolute atomic E-state index is 0.394. The van der Waals surface area contributed by atoms with E-state index in [4.69, 9.17) is 5.73 Å². The molecule has 12 heavy (non-hydrogen) atoms. The summed E-state index contributed by atoms with van der Waals surface area (Å²) in [7, 11) is 0. The molecule has 1 aromatic heterocycles. The largest absolute Gasteiger partial charge is 0.413 e. The Bertz CT molecular complexity index is 250. The van der Waals surface area contributed by atoms with Crippen LogP contribution in [0.5, 0.6) is 0 Å². The molecule has 0 amide bonds. The number of nitrogens with two attached hydrogens (primary N) is 1. The van der Waals surface area contributed by atoms with Gasteiger partial charge in [0.25, 0.3) is 0 Å². The van der Waals surface area contributed by atoms with E-state index in [1.807, 2.05) is 0 Å². The van der Waals surface area contributed by atoms with Crippen molar-refractivity contribution in [3.63, 3.8) is 0 Å². The predicted octanol–water partition coefficient (Wildman–Crippen LogP) is 0.541. The number of nitrogens with one attached hydrogen (secondary N) is 1. The van der Waals surface area contributed by atoms with Crippen LogP contribution in [0.3, 0.4) is 0 Å². The van der Waals surface area contributed by atoms with Gasteiger partial charge in [0.05, 0.1) is 0 Å².